The summed E-state index contributed by atoms with van der Waals surface area (Å²) >= 11 is 3.14. The van der Waals surface area contributed by atoms with Crippen molar-refractivity contribution in [1.29, 1.82) is 0 Å². The van der Waals surface area contributed by atoms with Gasteiger partial charge in [-0.25, -0.2) is 12.8 Å². The van der Waals surface area contributed by atoms with Crippen molar-refractivity contribution in [3.8, 4) is 0 Å². The third kappa shape index (κ3) is 3.61. The molecule has 1 aliphatic heterocycles. The molecule has 0 spiro atoms. The zero-order valence-corrected chi connectivity index (χ0v) is 14.0. The van der Waals surface area contributed by atoms with E-state index in [0.717, 1.165) is 0 Å². The lowest BCUT2D eigenvalue weighted by molar-refractivity contribution is 0.0693. The second kappa shape index (κ2) is 6.41. The highest BCUT2D eigenvalue weighted by molar-refractivity contribution is 9.10. The van der Waals surface area contributed by atoms with E-state index in [1.54, 1.807) is 13.0 Å². The van der Waals surface area contributed by atoms with E-state index in [0.29, 0.717) is 4.47 Å². The molecule has 0 aliphatic carbocycles. The van der Waals surface area contributed by atoms with Gasteiger partial charge in [0, 0.05) is 30.7 Å². The highest BCUT2D eigenvalue weighted by atomic mass is 79.9. The van der Waals surface area contributed by atoms with Gasteiger partial charge in [0.1, 0.15) is 5.82 Å². The van der Waals surface area contributed by atoms with E-state index in [1.807, 2.05) is 0 Å². The Morgan fingerprint density at radius 2 is 1.90 bits per heavy atom. The highest BCUT2D eigenvalue weighted by Crippen LogP contribution is 2.18. The van der Waals surface area contributed by atoms with Crippen molar-refractivity contribution >= 4 is 31.9 Å². The van der Waals surface area contributed by atoms with Crippen molar-refractivity contribution in [2.75, 3.05) is 31.9 Å². The molecular formula is C13H16BrFN2O3S. The van der Waals surface area contributed by atoms with E-state index >= 15 is 0 Å². The van der Waals surface area contributed by atoms with Gasteiger partial charge >= 0.3 is 0 Å². The molecule has 0 unspecified atom stereocenters. The largest absolute Gasteiger partial charge is 0.336 e. The number of sulfonamides is 1. The quantitative estimate of drug-likeness (QED) is 0.803. The predicted octanol–water partition coefficient (Wildman–Crippen LogP) is 1.70. The fourth-order valence-electron chi connectivity index (χ4n) is 2.19. The van der Waals surface area contributed by atoms with Gasteiger partial charge in [0.05, 0.1) is 11.3 Å². The van der Waals surface area contributed by atoms with E-state index in [9.17, 15) is 17.6 Å². The van der Waals surface area contributed by atoms with Gasteiger partial charge in [-0.3, -0.25) is 4.79 Å². The lowest BCUT2D eigenvalue weighted by atomic mass is 10.1. The summed E-state index contributed by atoms with van der Waals surface area (Å²) in [4.78, 5) is 13.7. The minimum atomic E-state index is -3.23. The summed E-state index contributed by atoms with van der Waals surface area (Å²) in [6.07, 6.45) is 0. The summed E-state index contributed by atoms with van der Waals surface area (Å²) in [6, 6.07) is 4.27. The molecule has 1 heterocycles. The van der Waals surface area contributed by atoms with E-state index in [1.165, 1.54) is 21.3 Å². The van der Waals surface area contributed by atoms with Gasteiger partial charge < -0.3 is 4.90 Å². The Morgan fingerprint density at radius 1 is 1.29 bits per heavy atom. The summed E-state index contributed by atoms with van der Waals surface area (Å²) in [7, 11) is -3.23. The van der Waals surface area contributed by atoms with E-state index in [2.05, 4.69) is 15.9 Å². The van der Waals surface area contributed by atoms with Crippen LogP contribution < -0.4 is 0 Å². The molecule has 1 fully saturated rings. The molecule has 0 radical (unpaired) electrons. The van der Waals surface area contributed by atoms with Crippen LogP contribution in [0.25, 0.3) is 0 Å². The van der Waals surface area contributed by atoms with Gasteiger partial charge in [-0.05, 0) is 25.1 Å². The van der Waals surface area contributed by atoms with Crippen molar-refractivity contribution < 1.29 is 17.6 Å². The second-order valence-corrected chi connectivity index (χ2v) is 7.89. The zero-order chi connectivity index (χ0) is 15.6. The minimum absolute atomic E-state index is 0.00463. The van der Waals surface area contributed by atoms with Crippen LogP contribution in [0, 0.1) is 5.82 Å². The third-order valence-corrected chi connectivity index (χ3v) is 5.82. The van der Waals surface area contributed by atoms with Crippen LogP contribution in [0.2, 0.25) is 0 Å². The minimum Gasteiger partial charge on any atom is -0.336 e. The summed E-state index contributed by atoms with van der Waals surface area (Å²) < 4.78 is 39.2. The van der Waals surface area contributed by atoms with Crippen LogP contribution in [0.4, 0.5) is 4.39 Å². The van der Waals surface area contributed by atoms with Crippen LogP contribution in [0.3, 0.4) is 0 Å². The van der Waals surface area contributed by atoms with E-state index in [4.69, 9.17) is 0 Å². The second-order valence-electron chi connectivity index (χ2n) is 4.72. The number of nitrogens with zero attached hydrogens (tertiary/aromatic N) is 2. The van der Waals surface area contributed by atoms with Crippen LogP contribution in [0.1, 0.15) is 17.3 Å². The number of halogens is 2. The lowest BCUT2D eigenvalue weighted by Gasteiger charge is -2.33. The molecule has 1 saturated heterocycles. The topological polar surface area (TPSA) is 57.7 Å². The average molecular weight is 379 g/mol. The molecule has 21 heavy (non-hydrogen) atoms. The Hall–Kier alpha value is -0.990. The van der Waals surface area contributed by atoms with Crippen LogP contribution >= 0.6 is 15.9 Å². The monoisotopic (exact) mass is 378 g/mol. The first-order valence-electron chi connectivity index (χ1n) is 6.57. The van der Waals surface area contributed by atoms with E-state index in [-0.39, 0.29) is 37.5 Å². The number of hydrogen-bond acceptors (Lipinski definition) is 3. The third-order valence-electron chi connectivity index (χ3n) is 3.45. The van der Waals surface area contributed by atoms with Crippen molar-refractivity contribution in [3.05, 3.63) is 34.1 Å². The number of carbonyl (C=O) groups is 1. The summed E-state index contributed by atoms with van der Waals surface area (Å²) in [5.74, 6) is -0.950. The predicted molar refractivity (Wildman–Crippen MR) is 81.0 cm³/mol. The van der Waals surface area contributed by atoms with Gasteiger partial charge in [0.15, 0.2) is 0 Å². The maximum Gasteiger partial charge on any atom is 0.256 e. The number of rotatable bonds is 3. The van der Waals surface area contributed by atoms with Gasteiger partial charge in [0.25, 0.3) is 5.91 Å². The molecular weight excluding hydrogens is 363 g/mol. The number of piperazine rings is 1. The maximum absolute atomic E-state index is 13.8. The number of amides is 1. The molecule has 1 amide bonds. The molecule has 5 nitrogen and oxygen atoms in total. The Bertz CT molecular complexity index is 643. The SMILES string of the molecule is CCS(=O)(=O)N1CCN(C(=O)c2ccc(Br)cc2F)CC1. The summed E-state index contributed by atoms with van der Waals surface area (Å²) in [5, 5.41) is 0. The molecule has 1 aromatic rings. The first-order chi connectivity index (χ1) is 9.85. The van der Waals surface area contributed by atoms with Gasteiger partial charge in [-0.15, -0.1) is 0 Å². The number of carbonyl (C=O) groups excluding carboxylic acids is 1. The highest BCUT2D eigenvalue weighted by Gasteiger charge is 2.28. The van der Waals surface area contributed by atoms with Crippen molar-refractivity contribution in [2.45, 2.75) is 6.92 Å². The fraction of sp³-hybridized carbons (Fsp3) is 0.462. The molecule has 2 rings (SSSR count). The maximum atomic E-state index is 13.8. The first-order valence-corrected chi connectivity index (χ1v) is 8.97. The smallest absolute Gasteiger partial charge is 0.256 e. The summed E-state index contributed by atoms with van der Waals surface area (Å²) in [5.41, 5.74) is 0.00463. The molecule has 0 bridgehead atoms. The Morgan fingerprint density at radius 3 is 2.43 bits per heavy atom. The molecule has 0 atom stereocenters. The Kier molecular flexibility index (Phi) is 5.00. The van der Waals surface area contributed by atoms with Crippen molar-refractivity contribution in [1.82, 2.24) is 9.21 Å². The number of benzene rings is 1. The molecule has 0 N–H and O–H groups in total. The molecule has 8 heteroatoms. The van der Waals surface area contributed by atoms with E-state index < -0.39 is 21.7 Å². The number of hydrogen-bond donors (Lipinski definition) is 0. The lowest BCUT2D eigenvalue weighted by Crippen LogP contribution is -2.51. The Balaban J connectivity index is 2.07. The average Bonchev–Trinajstić information content (AvgIpc) is 2.47. The van der Waals surface area contributed by atoms with Gasteiger partial charge in [-0.1, -0.05) is 15.9 Å². The molecule has 116 valence electrons. The summed E-state index contributed by atoms with van der Waals surface area (Å²) in [6.45, 7) is 2.63. The molecule has 0 aromatic heterocycles. The Labute approximate surface area is 131 Å². The van der Waals surface area contributed by atoms with Crippen LogP contribution in [-0.4, -0.2) is 55.5 Å². The van der Waals surface area contributed by atoms with Crippen LogP contribution in [-0.2, 0) is 10.0 Å². The molecule has 1 aliphatic rings. The van der Waals surface area contributed by atoms with Gasteiger partial charge in [-0.2, -0.15) is 4.31 Å². The zero-order valence-electron chi connectivity index (χ0n) is 11.6. The normalized spacial score (nSPS) is 17.0. The van der Waals surface area contributed by atoms with Crippen molar-refractivity contribution in [3.63, 3.8) is 0 Å². The van der Waals surface area contributed by atoms with Crippen molar-refractivity contribution in [2.24, 2.45) is 0 Å². The standard InChI is InChI=1S/C13H16BrFN2O3S/c1-2-21(19,20)17-7-5-16(6-8-17)13(18)11-4-3-10(14)9-12(11)15/h3-4,9H,2,5-8H2,1H3. The van der Waals surface area contributed by atoms with Crippen LogP contribution in [0.15, 0.2) is 22.7 Å². The van der Waals surface area contributed by atoms with Gasteiger partial charge in [0.2, 0.25) is 10.0 Å². The fourth-order valence-corrected chi connectivity index (χ4v) is 3.60. The molecule has 0 saturated carbocycles. The molecule has 1 aromatic carbocycles. The van der Waals surface area contributed by atoms with Crippen LogP contribution in [0.5, 0.6) is 0 Å². The first kappa shape index (κ1) is 16.4.